The zero-order valence-corrected chi connectivity index (χ0v) is 17.8. The first-order valence-electron chi connectivity index (χ1n) is 11.0. The molecule has 2 fully saturated rings. The van der Waals surface area contributed by atoms with Crippen LogP contribution >= 0.6 is 0 Å². The lowest BCUT2D eigenvalue weighted by Gasteiger charge is -2.34. The standard InChI is InChI=1S/C22H32N4O3/c1-14(2)29-13-20(28)25-10-4-5-17(12-25)21-23-15(3)18-8-9-19(27)26(22(18)24-21)11-16-6-7-16/h14,16-17H,4-13H2,1-3H3/t17-/m1/s1. The molecule has 1 atom stereocenters. The SMILES string of the molecule is Cc1nc([C@@H]2CCCN(C(=O)COC(C)C)C2)nc2c1CCC(=O)N2CC1CC1. The Morgan fingerprint density at radius 2 is 2.00 bits per heavy atom. The van der Waals surface area contributed by atoms with Crippen molar-refractivity contribution in [1.29, 1.82) is 0 Å². The zero-order chi connectivity index (χ0) is 20.5. The maximum atomic E-state index is 12.6. The lowest BCUT2D eigenvalue weighted by molar-refractivity contribution is -0.138. The highest BCUT2D eigenvalue weighted by Gasteiger charge is 2.34. The van der Waals surface area contributed by atoms with Crippen molar-refractivity contribution in [3.8, 4) is 0 Å². The Hall–Kier alpha value is -2.02. The van der Waals surface area contributed by atoms with Crippen LogP contribution in [0.3, 0.4) is 0 Å². The van der Waals surface area contributed by atoms with Crippen LogP contribution in [-0.4, -0.2) is 59.0 Å². The molecule has 3 aliphatic rings. The minimum atomic E-state index is 0.0311. The highest BCUT2D eigenvalue weighted by molar-refractivity contribution is 5.95. The van der Waals surface area contributed by atoms with Gasteiger partial charge in [-0.15, -0.1) is 0 Å². The monoisotopic (exact) mass is 400 g/mol. The number of likely N-dealkylation sites (tertiary alicyclic amines) is 1. The first-order chi connectivity index (χ1) is 13.9. The molecule has 1 saturated heterocycles. The van der Waals surface area contributed by atoms with Gasteiger partial charge in [0.25, 0.3) is 0 Å². The summed E-state index contributed by atoms with van der Waals surface area (Å²) in [6.07, 6.45) is 5.61. The quantitative estimate of drug-likeness (QED) is 0.734. The van der Waals surface area contributed by atoms with Gasteiger partial charge in [-0.05, 0) is 58.8 Å². The maximum absolute atomic E-state index is 12.6. The third-order valence-corrected chi connectivity index (χ3v) is 6.17. The van der Waals surface area contributed by atoms with Crippen LogP contribution in [0.25, 0.3) is 0 Å². The van der Waals surface area contributed by atoms with E-state index in [1.807, 2.05) is 30.6 Å². The molecule has 0 N–H and O–H groups in total. The van der Waals surface area contributed by atoms with E-state index in [2.05, 4.69) is 0 Å². The number of hydrogen-bond donors (Lipinski definition) is 0. The molecule has 0 bridgehead atoms. The van der Waals surface area contributed by atoms with E-state index in [0.717, 1.165) is 55.3 Å². The predicted molar refractivity (Wildman–Crippen MR) is 110 cm³/mol. The molecule has 2 aliphatic heterocycles. The van der Waals surface area contributed by atoms with Crippen LogP contribution in [0.2, 0.25) is 0 Å². The Morgan fingerprint density at radius 1 is 1.21 bits per heavy atom. The molecule has 3 heterocycles. The molecule has 1 aromatic heterocycles. The average molecular weight is 401 g/mol. The number of fused-ring (bicyclic) bond motifs is 1. The van der Waals surface area contributed by atoms with Crippen molar-refractivity contribution in [3.05, 3.63) is 17.1 Å². The second kappa shape index (κ2) is 8.38. The number of ether oxygens (including phenoxy) is 1. The number of carbonyl (C=O) groups is 2. The molecule has 0 aromatic carbocycles. The van der Waals surface area contributed by atoms with Crippen LogP contribution in [0.4, 0.5) is 5.82 Å². The summed E-state index contributed by atoms with van der Waals surface area (Å²) in [5.41, 5.74) is 2.09. The Balaban J connectivity index is 1.54. The molecule has 0 radical (unpaired) electrons. The lowest BCUT2D eigenvalue weighted by Crippen LogP contribution is -2.42. The molecular formula is C22H32N4O3. The number of aromatic nitrogens is 2. The normalized spacial score (nSPS) is 22.2. The lowest BCUT2D eigenvalue weighted by atomic mass is 9.96. The molecule has 7 heteroatoms. The second-order valence-electron chi connectivity index (χ2n) is 8.96. The molecule has 4 rings (SSSR count). The van der Waals surface area contributed by atoms with E-state index in [9.17, 15) is 9.59 Å². The fourth-order valence-corrected chi connectivity index (χ4v) is 4.28. The van der Waals surface area contributed by atoms with Gasteiger partial charge in [0.05, 0.1) is 6.10 Å². The van der Waals surface area contributed by atoms with Crippen molar-refractivity contribution in [3.63, 3.8) is 0 Å². The summed E-state index contributed by atoms with van der Waals surface area (Å²) >= 11 is 0. The van der Waals surface area contributed by atoms with Crippen LogP contribution in [0.5, 0.6) is 0 Å². The number of aryl methyl sites for hydroxylation is 1. The minimum Gasteiger partial charge on any atom is -0.369 e. The van der Waals surface area contributed by atoms with Crippen LogP contribution in [-0.2, 0) is 20.7 Å². The molecule has 29 heavy (non-hydrogen) atoms. The van der Waals surface area contributed by atoms with E-state index in [1.54, 1.807) is 0 Å². The molecule has 1 aliphatic carbocycles. The molecule has 7 nitrogen and oxygen atoms in total. The Morgan fingerprint density at radius 3 is 2.72 bits per heavy atom. The zero-order valence-electron chi connectivity index (χ0n) is 17.8. The van der Waals surface area contributed by atoms with E-state index in [0.29, 0.717) is 18.9 Å². The van der Waals surface area contributed by atoms with Gasteiger partial charge in [-0.25, -0.2) is 9.97 Å². The predicted octanol–water partition coefficient (Wildman–Crippen LogP) is 2.61. The van der Waals surface area contributed by atoms with Gasteiger partial charge < -0.3 is 9.64 Å². The number of carbonyl (C=O) groups excluding carboxylic acids is 2. The van der Waals surface area contributed by atoms with Crippen molar-refractivity contribution >= 4 is 17.6 Å². The van der Waals surface area contributed by atoms with Gasteiger partial charge in [0, 0.05) is 43.2 Å². The second-order valence-corrected chi connectivity index (χ2v) is 8.96. The van der Waals surface area contributed by atoms with Crippen molar-refractivity contribution in [2.45, 2.75) is 71.3 Å². The molecule has 0 spiro atoms. The number of amides is 2. The molecule has 1 aromatic rings. The summed E-state index contributed by atoms with van der Waals surface area (Å²) in [6, 6.07) is 0. The number of hydrogen-bond acceptors (Lipinski definition) is 5. The first kappa shape index (κ1) is 20.3. The topological polar surface area (TPSA) is 75.6 Å². The highest BCUT2D eigenvalue weighted by Crippen LogP contribution is 2.36. The minimum absolute atomic E-state index is 0.0311. The van der Waals surface area contributed by atoms with Gasteiger partial charge >= 0.3 is 0 Å². The smallest absolute Gasteiger partial charge is 0.248 e. The van der Waals surface area contributed by atoms with Crippen molar-refractivity contribution in [1.82, 2.24) is 14.9 Å². The van der Waals surface area contributed by atoms with E-state index in [4.69, 9.17) is 14.7 Å². The van der Waals surface area contributed by atoms with Gasteiger partial charge in [-0.1, -0.05) is 0 Å². The summed E-state index contributed by atoms with van der Waals surface area (Å²) < 4.78 is 5.49. The third kappa shape index (κ3) is 4.60. The maximum Gasteiger partial charge on any atom is 0.248 e. The van der Waals surface area contributed by atoms with Crippen LogP contribution < -0.4 is 4.90 Å². The number of piperidine rings is 1. The number of nitrogens with zero attached hydrogens (tertiary/aromatic N) is 4. The van der Waals surface area contributed by atoms with Crippen molar-refractivity contribution < 1.29 is 14.3 Å². The van der Waals surface area contributed by atoms with Gasteiger partial charge in [-0.2, -0.15) is 0 Å². The molecule has 0 unspecified atom stereocenters. The highest BCUT2D eigenvalue weighted by atomic mass is 16.5. The molecular weight excluding hydrogens is 368 g/mol. The van der Waals surface area contributed by atoms with Gasteiger partial charge in [0.15, 0.2) is 0 Å². The fourth-order valence-electron chi connectivity index (χ4n) is 4.28. The van der Waals surface area contributed by atoms with E-state index < -0.39 is 0 Å². The largest absolute Gasteiger partial charge is 0.369 e. The first-order valence-corrected chi connectivity index (χ1v) is 11.0. The Labute approximate surface area is 172 Å². The Kier molecular flexibility index (Phi) is 5.86. The van der Waals surface area contributed by atoms with Crippen LogP contribution in [0, 0.1) is 12.8 Å². The van der Waals surface area contributed by atoms with Crippen LogP contribution in [0.15, 0.2) is 0 Å². The van der Waals surface area contributed by atoms with E-state index in [1.165, 1.54) is 12.8 Å². The average Bonchev–Trinajstić information content (AvgIpc) is 3.52. The summed E-state index contributed by atoms with van der Waals surface area (Å²) in [5, 5.41) is 0. The van der Waals surface area contributed by atoms with Gasteiger partial charge in [0.1, 0.15) is 18.2 Å². The van der Waals surface area contributed by atoms with Gasteiger partial charge in [0.2, 0.25) is 11.8 Å². The number of rotatable bonds is 6. The number of anilines is 1. The molecule has 158 valence electrons. The Bertz CT molecular complexity index is 791. The van der Waals surface area contributed by atoms with Crippen molar-refractivity contribution in [2.24, 2.45) is 5.92 Å². The summed E-state index contributed by atoms with van der Waals surface area (Å²) in [5.74, 6) is 2.53. The van der Waals surface area contributed by atoms with E-state index in [-0.39, 0.29) is 30.4 Å². The van der Waals surface area contributed by atoms with Gasteiger partial charge in [-0.3, -0.25) is 14.5 Å². The molecule has 2 amide bonds. The summed E-state index contributed by atoms with van der Waals surface area (Å²) in [7, 11) is 0. The molecule has 1 saturated carbocycles. The summed E-state index contributed by atoms with van der Waals surface area (Å²) in [4.78, 5) is 38.6. The van der Waals surface area contributed by atoms with E-state index >= 15 is 0 Å². The summed E-state index contributed by atoms with van der Waals surface area (Å²) in [6.45, 7) is 8.18. The van der Waals surface area contributed by atoms with Crippen LogP contribution in [0.1, 0.15) is 69.0 Å². The fraction of sp³-hybridized carbons (Fsp3) is 0.727. The third-order valence-electron chi connectivity index (χ3n) is 6.17. The van der Waals surface area contributed by atoms with Crippen molar-refractivity contribution in [2.75, 3.05) is 31.1 Å².